The standard InChI is InChI=1S/C26H34N4O2/c1-16-5-8-20-23(30(16)26(31)18-6-7-18)10-9-21(24(20)32-19-3-2-4-19)25-28-15-22(29-25)17-11-13-27-14-12-17/h9-10,15-19,27H,2-8,11-14H2,1H3,(H,28,29)/t16-/m0/s1. The summed E-state index contributed by atoms with van der Waals surface area (Å²) in [7, 11) is 0. The number of benzene rings is 1. The number of nitrogens with zero attached hydrogens (tertiary/aromatic N) is 2. The third-order valence-electron chi connectivity index (χ3n) is 7.88. The van der Waals surface area contributed by atoms with E-state index in [2.05, 4.69) is 34.3 Å². The fourth-order valence-electron chi connectivity index (χ4n) is 5.46. The van der Waals surface area contributed by atoms with Crippen molar-refractivity contribution in [1.29, 1.82) is 0 Å². The van der Waals surface area contributed by atoms with Gasteiger partial charge in [0.1, 0.15) is 11.6 Å². The van der Waals surface area contributed by atoms with Crippen LogP contribution in [-0.4, -0.2) is 41.1 Å². The van der Waals surface area contributed by atoms with Gasteiger partial charge in [-0.25, -0.2) is 4.98 Å². The van der Waals surface area contributed by atoms with Crippen molar-refractivity contribution in [1.82, 2.24) is 15.3 Å². The van der Waals surface area contributed by atoms with E-state index in [1.165, 1.54) is 17.7 Å². The summed E-state index contributed by atoms with van der Waals surface area (Å²) in [5.41, 5.74) is 4.53. The summed E-state index contributed by atoms with van der Waals surface area (Å²) in [6.07, 6.45) is 12.1. The van der Waals surface area contributed by atoms with Crippen molar-refractivity contribution in [2.45, 2.75) is 82.8 Å². The summed E-state index contributed by atoms with van der Waals surface area (Å²) in [6.45, 7) is 4.31. The van der Waals surface area contributed by atoms with E-state index in [0.717, 1.165) is 87.3 Å². The van der Waals surface area contributed by atoms with Crippen molar-refractivity contribution in [3.8, 4) is 17.1 Å². The summed E-state index contributed by atoms with van der Waals surface area (Å²) >= 11 is 0. The van der Waals surface area contributed by atoms with Crippen molar-refractivity contribution >= 4 is 11.6 Å². The first-order valence-corrected chi connectivity index (χ1v) is 12.6. The molecule has 1 saturated heterocycles. The van der Waals surface area contributed by atoms with Crippen LogP contribution in [0.4, 0.5) is 5.69 Å². The minimum Gasteiger partial charge on any atom is -0.489 e. The van der Waals surface area contributed by atoms with Crippen LogP contribution in [0.1, 0.15) is 75.5 Å². The summed E-state index contributed by atoms with van der Waals surface area (Å²) in [4.78, 5) is 23.6. The Morgan fingerprint density at radius 2 is 1.91 bits per heavy atom. The zero-order valence-electron chi connectivity index (χ0n) is 19.0. The second-order valence-electron chi connectivity index (χ2n) is 10.2. The number of anilines is 1. The molecule has 1 atom stereocenters. The molecule has 3 fully saturated rings. The van der Waals surface area contributed by atoms with Crippen LogP contribution in [0.25, 0.3) is 11.4 Å². The van der Waals surface area contributed by atoms with Gasteiger partial charge in [-0.05, 0) is 89.9 Å². The number of hydrogen-bond acceptors (Lipinski definition) is 4. The first kappa shape index (κ1) is 20.3. The number of piperidine rings is 1. The van der Waals surface area contributed by atoms with Crippen LogP contribution in [0.15, 0.2) is 18.3 Å². The summed E-state index contributed by atoms with van der Waals surface area (Å²) < 4.78 is 6.62. The van der Waals surface area contributed by atoms with Gasteiger partial charge in [-0.15, -0.1) is 0 Å². The highest BCUT2D eigenvalue weighted by molar-refractivity contribution is 5.99. The molecule has 1 aromatic carbocycles. The summed E-state index contributed by atoms with van der Waals surface area (Å²) in [5, 5.41) is 3.44. The Morgan fingerprint density at radius 3 is 2.62 bits per heavy atom. The van der Waals surface area contributed by atoms with Crippen LogP contribution in [0.5, 0.6) is 5.75 Å². The molecule has 0 radical (unpaired) electrons. The molecule has 2 saturated carbocycles. The molecule has 2 N–H and O–H groups in total. The maximum atomic E-state index is 13.1. The van der Waals surface area contributed by atoms with Gasteiger partial charge in [0.15, 0.2) is 0 Å². The number of imidazole rings is 1. The van der Waals surface area contributed by atoms with Gasteiger partial charge in [0.25, 0.3) is 0 Å². The number of amides is 1. The number of aromatic nitrogens is 2. The number of carbonyl (C=O) groups excluding carboxylic acids is 1. The van der Waals surface area contributed by atoms with Gasteiger partial charge < -0.3 is 19.9 Å². The minimum atomic E-state index is 0.219. The van der Waals surface area contributed by atoms with E-state index in [0.29, 0.717) is 11.8 Å². The number of ether oxygens (including phenoxy) is 1. The molecule has 1 amide bonds. The van der Waals surface area contributed by atoms with E-state index < -0.39 is 0 Å². The zero-order valence-corrected chi connectivity index (χ0v) is 19.0. The summed E-state index contributed by atoms with van der Waals surface area (Å²) in [6, 6.07) is 4.51. The molecule has 0 unspecified atom stereocenters. The topological polar surface area (TPSA) is 70.2 Å². The number of nitrogens with one attached hydrogen (secondary N) is 2. The maximum Gasteiger partial charge on any atom is 0.230 e. The smallest absolute Gasteiger partial charge is 0.230 e. The predicted molar refractivity (Wildman–Crippen MR) is 125 cm³/mol. The lowest BCUT2D eigenvalue weighted by Crippen LogP contribution is -2.43. The second-order valence-corrected chi connectivity index (χ2v) is 10.2. The van der Waals surface area contributed by atoms with Crippen LogP contribution in [-0.2, 0) is 11.2 Å². The van der Waals surface area contributed by atoms with Crippen LogP contribution in [0, 0.1) is 5.92 Å². The average Bonchev–Trinajstić information content (AvgIpc) is 3.53. The van der Waals surface area contributed by atoms with Crippen LogP contribution in [0.3, 0.4) is 0 Å². The normalized spacial score (nSPS) is 24.2. The Hall–Kier alpha value is -2.34. The number of fused-ring (bicyclic) bond motifs is 1. The Balaban J connectivity index is 1.39. The second kappa shape index (κ2) is 8.22. The molecule has 3 heterocycles. The SMILES string of the molecule is C[C@H]1CCc2c(ccc(-c3ncc(C4CCNCC4)[nH]3)c2OC2CCC2)N1C(=O)C1CC1. The van der Waals surface area contributed by atoms with E-state index in [9.17, 15) is 4.79 Å². The van der Waals surface area contributed by atoms with Gasteiger partial charge in [0.2, 0.25) is 5.91 Å². The maximum absolute atomic E-state index is 13.1. The average molecular weight is 435 g/mol. The highest BCUT2D eigenvalue weighted by Crippen LogP contribution is 2.46. The molecule has 170 valence electrons. The molecular formula is C26H34N4O2. The van der Waals surface area contributed by atoms with Crippen molar-refractivity contribution in [3.63, 3.8) is 0 Å². The van der Waals surface area contributed by atoms with Gasteiger partial charge in [-0.1, -0.05) is 0 Å². The van der Waals surface area contributed by atoms with Crippen LogP contribution in [0.2, 0.25) is 0 Å². The van der Waals surface area contributed by atoms with Gasteiger partial charge in [-0.2, -0.15) is 0 Å². The first-order chi connectivity index (χ1) is 15.7. The Kier molecular flexibility index (Phi) is 5.21. The van der Waals surface area contributed by atoms with E-state index in [4.69, 9.17) is 9.72 Å². The molecule has 2 aliphatic heterocycles. The third kappa shape index (κ3) is 3.62. The number of carbonyl (C=O) groups is 1. The predicted octanol–water partition coefficient (Wildman–Crippen LogP) is 4.55. The highest BCUT2D eigenvalue weighted by Gasteiger charge is 2.39. The quantitative estimate of drug-likeness (QED) is 0.724. The molecule has 6 nitrogen and oxygen atoms in total. The van der Waals surface area contributed by atoms with Crippen LogP contribution >= 0.6 is 0 Å². The van der Waals surface area contributed by atoms with E-state index in [-0.39, 0.29) is 18.1 Å². The fraction of sp³-hybridized carbons (Fsp3) is 0.615. The molecular weight excluding hydrogens is 400 g/mol. The Labute approximate surface area is 190 Å². The number of aromatic amines is 1. The van der Waals surface area contributed by atoms with Gasteiger partial charge in [-0.3, -0.25) is 4.79 Å². The largest absolute Gasteiger partial charge is 0.489 e. The molecule has 2 aliphatic carbocycles. The highest BCUT2D eigenvalue weighted by atomic mass is 16.5. The molecule has 32 heavy (non-hydrogen) atoms. The first-order valence-electron chi connectivity index (χ1n) is 12.6. The number of H-pyrrole nitrogens is 1. The van der Waals surface area contributed by atoms with E-state index in [1.807, 2.05) is 6.20 Å². The van der Waals surface area contributed by atoms with Crippen molar-refractivity contribution in [2.75, 3.05) is 18.0 Å². The van der Waals surface area contributed by atoms with Crippen molar-refractivity contribution < 1.29 is 9.53 Å². The monoisotopic (exact) mass is 434 g/mol. The van der Waals surface area contributed by atoms with Crippen LogP contribution < -0.4 is 15.0 Å². The lowest BCUT2D eigenvalue weighted by molar-refractivity contribution is -0.120. The van der Waals surface area contributed by atoms with Gasteiger partial charge >= 0.3 is 0 Å². The van der Waals surface area contributed by atoms with E-state index in [1.54, 1.807) is 0 Å². The van der Waals surface area contributed by atoms with Gasteiger partial charge in [0.05, 0.1) is 17.4 Å². The number of hydrogen-bond donors (Lipinski definition) is 2. The van der Waals surface area contributed by atoms with Crippen molar-refractivity contribution in [3.05, 3.63) is 29.6 Å². The summed E-state index contributed by atoms with van der Waals surface area (Å²) in [5.74, 6) is 2.91. The third-order valence-corrected chi connectivity index (χ3v) is 7.88. The lowest BCUT2D eigenvalue weighted by atomic mass is 9.91. The molecule has 1 aromatic heterocycles. The molecule has 6 heteroatoms. The molecule has 6 rings (SSSR count). The zero-order chi connectivity index (χ0) is 21.7. The number of rotatable bonds is 5. The molecule has 0 spiro atoms. The van der Waals surface area contributed by atoms with Crippen molar-refractivity contribution in [2.24, 2.45) is 5.92 Å². The Morgan fingerprint density at radius 1 is 1.09 bits per heavy atom. The fourth-order valence-corrected chi connectivity index (χ4v) is 5.46. The molecule has 4 aliphatic rings. The minimum absolute atomic E-state index is 0.219. The van der Waals surface area contributed by atoms with E-state index >= 15 is 0 Å². The lowest BCUT2D eigenvalue weighted by Gasteiger charge is -2.38. The molecule has 0 bridgehead atoms. The Bertz CT molecular complexity index is 1000. The van der Waals surface area contributed by atoms with Gasteiger partial charge in [0, 0.05) is 35.3 Å². The molecule has 2 aromatic rings.